The van der Waals surface area contributed by atoms with Crippen molar-refractivity contribution < 1.29 is 19.2 Å². The lowest BCUT2D eigenvalue weighted by Gasteiger charge is -2.07. The second-order valence-corrected chi connectivity index (χ2v) is 3.74. The number of aryl methyl sites for hydroxylation is 1. The van der Waals surface area contributed by atoms with Crippen LogP contribution in [0.25, 0.3) is 0 Å². The summed E-state index contributed by atoms with van der Waals surface area (Å²) < 4.78 is 20.1. The van der Waals surface area contributed by atoms with Crippen molar-refractivity contribution in [1.29, 1.82) is 0 Å². The van der Waals surface area contributed by atoms with E-state index in [4.69, 9.17) is 14.8 Å². The van der Waals surface area contributed by atoms with Gasteiger partial charge < -0.3 is 14.8 Å². The average Bonchev–Trinajstić information content (AvgIpc) is 2.74. The Bertz CT molecular complexity index is 547. The van der Waals surface area contributed by atoms with E-state index >= 15 is 0 Å². The molecule has 1 aromatic carbocycles. The molecule has 0 fully saturated rings. The van der Waals surface area contributed by atoms with E-state index < -0.39 is 12.9 Å². The smallest absolute Gasteiger partial charge is 0.484 e. The predicted octanol–water partition coefficient (Wildman–Crippen LogP) is -0.787. The lowest BCUT2D eigenvalue weighted by atomic mass is 9.80. The molecule has 0 spiro atoms. The summed E-state index contributed by atoms with van der Waals surface area (Å²) in [7, 11) is 0.0456. The predicted molar refractivity (Wildman–Crippen MR) is 61.6 cm³/mol. The number of nitrogens with zero attached hydrogens (tertiary/aromatic N) is 3. The maximum atomic E-state index is 13.4. The highest BCUT2D eigenvalue weighted by molar-refractivity contribution is 6.58. The van der Waals surface area contributed by atoms with E-state index in [0.717, 1.165) is 6.07 Å². The Morgan fingerprint density at radius 2 is 2.22 bits per heavy atom. The van der Waals surface area contributed by atoms with Crippen LogP contribution in [0.15, 0.2) is 24.4 Å². The molecule has 6 nitrogen and oxygen atoms in total. The van der Waals surface area contributed by atoms with E-state index in [2.05, 4.69) is 10.3 Å². The second kappa shape index (κ2) is 5.15. The molecule has 2 rings (SSSR count). The van der Waals surface area contributed by atoms with Crippen molar-refractivity contribution in [2.75, 3.05) is 0 Å². The van der Waals surface area contributed by atoms with Gasteiger partial charge in [-0.05, 0) is 17.6 Å². The van der Waals surface area contributed by atoms with Gasteiger partial charge in [-0.25, -0.2) is 4.39 Å². The third kappa shape index (κ3) is 2.85. The maximum absolute atomic E-state index is 13.4. The van der Waals surface area contributed by atoms with Gasteiger partial charge in [-0.1, -0.05) is 11.3 Å². The van der Waals surface area contributed by atoms with E-state index in [-0.39, 0.29) is 17.8 Å². The van der Waals surface area contributed by atoms with Crippen LogP contribution in [-0.4, -0.2) is 32.2 Å². The maximum Gasteiger partial charge on any atom is 0.488 e. The van der Waals surface area contributed by atoms with Crippen molar-refractivity contribution in [1.82, 2.24) is 15.0 Å². The molecule has 0 saturated heterocycles. The Kier molecular flexibility index (Phi) is 3.59. The van der Waals surface area contributed by atoms with E-state index in [1.54, 1.807) is 13.2 Å². The number of benzene rings is 1. The monoisotopic (exact) mass is 251 g/mol. The third-order valence-corrected chi connectivity index (χ3v) is 2.28. The van der Waals surface area contributed by atoms with Gasteiger partial charge in [-0.2, -0.15) is 0 Å². The molecular weight excluding hydrogens is 240 g/mol. The molecule has 0 aliphatic heterocycles. The van der Waals surface area contributed by atoms with Gasteiger partial charge >= 0.3 is 7.12 Å². The summed E-state index contributed by atoms with van der Waals surface area (Å²) in [4.78, 5) is 0. The molecule has 0 unspecified atom stereocenters. The minimum atomic E-state index is -1.66. The van der Waals surface area contributed by atoms with E-state index in [1.807, 2.05) is 0 Å². The molecular formula is C10H11BFN3O3. The zero-order valence-corrected chi connectivity index (χ0v) is 9.62. The summed E-state index contributed by atoms with van der Waals surface area (Å²) in [6, 6.07) is 3.62. The molecule has 0 aliphatic carbocycles. The Labute approximate surface area is 103 Å². The summed E-state index contributed by atoms with van der Waals surface area (Å²) in [5.74, 6) is -0.644. The van der Waals surface area contributed by atoms with Crippen molar-refractivity contribution in [3.8, 4) is 5.75 Å². The average molecular weight is 251 g/mol. The van der Waals surface area contributed by atoms with Crippen LogP contribution < -0.4 is 10.2 Å². The van der Waals surface area contributed by atoms with Crippen molar-refractivity contribution in [2.24, 2.45) is 7.05 Å². The standard InChI is InChI=1S/C10H11BFN3O3/c1-15-5-8(13-14-15)6-18-10-4-7(11(16)17)2-3-9(10)12/h2-5,16-17H,6H2,1H3. The van der Waals surface area contributed by atoms with Crippen LogP contribution >= 0.6 is 0 Å². The zero-order chi connectivity index (χ0) is 13.1. The first kappa shape index (κ1) is 12.5. The summed E-state index contributed by atoms with van der Waals surface area (Å²) in [5, 5.41) is 25.5. The number of halogens is 1. The third-order valence-electron chi connectivity index (χ3n) is 2.28. The largest absolute Gasteiger partial charge is 0.488 e. The molecule has 2 N–H and O–H groups in total. The first-order valence-corrected chi connectivity index (χ1v) is 5.20. The molecule has 1 heterocycles. The molecule has 2 aromatic rings. The lowest BCUT2D eigenvalue weighted by molar-refractivity contribution is 0.286. The molecule has 0 radical (unpaired) electrons. The fourth-order valence-electron chi connectivity index (χ4n) is 1.40. The normalized spacial score (nSPS) is 10.4. The van der Waals surface area contributed by atoms with Gasteiger partial charge in [0.2, 0.25) is 0 Å². The minimum Gasteiger partial charge on any atom is -0.484 e. The fourth-order valence-corrected chi connectivity index (χ4v) is 1.40. The summed E-state index contributed by atoms with van der Waals surface area (Å²) in [5.41, 5.74) is 0.706. The Balaban J connectivity index is 2.10. The SMILES string of the molecule is Cn1cc(COc2cc(B(O)O)ccc2F)nn1. The van der Waals surface area contributed by atoms with E-state index in [0.29, 0.717) is 5.69 Å². The molecule has 0 amide bonds. The van der Waals surface area contributed by atoms with Crippen LogP contribution in [0, 0.1) is 5.82 Å². The molecule has 18 heavy (non-hydrogen) atoms. The van der Waals surface area contributed by atoms with E-state index in [1.165, 1.54) is 16.8 Å². The lowest BCUT2D eigenvalue weighted by Crippen LogP contribution is -2.29. The Morgan fingerprint density at radius 1 is 1.44 bits per heavy atom. The fraction of sp³-hybridized carbons (Fsp3) is 0.200. The minimum absolute atomic E-state index is 0.0513. The molecule has 0 saturated carbocycles. The number of aromatic nitrogens is 3. The van der Waals surface area contributed by atoms with Gasteiger partial charge in [0.15, 0.2) is 11.6 Å². The summed E-state index contributed by atoms with van der Waals surface area (Å²) in [6.07, 6.45) is 1.64. The Morgan fingerprint density at radius 3 is 2.83 bits per heavy atom. The Hall–Kier alpha value is -1.93. The molecule has 0 aliphatic rings. The first-order chi connectivity index (χ1) is 8.56. The molecule has 94 valence electrons. The number of ether oxygens (including phenoxy) is 1. The second-order valence-electron chi connectivity index (χ2n) is 3.74. The number of hydrogen-bond donors (Lipinski definition) is 2. The first-order valence-electron chi connectivity index (χ1n) is 5.20. The molecule has 0 bridgehead atoms. The quantitative estimate of drug-likeness (QED) is 0.696. The molecule has 0 atom stereocenters. The van der Waals surface area contributed by atoms with Crippen LogP contribution in [-0.2, 0) is 13.7 Å². The molecule has 1 aromatic heterocycles. The van der Waals surface area contributed by atoms with Gasteiger partial charge in [0.25, 0.3) is 0 Å². The van der Waals surface area contributed by atoms with Gasteiger partial charge in [0.05, 0.1) is 6.20 Å². The number of rotatable bonds is 4. The van der Waals surface area contributed by atoms with Crippen LogP contribution in [0.2, 0.25) is 0 Å². The van der Waals surface area contributed by atoms with E-state index in [9.17, 15) is 4.39 Å². The molecule has 8 heteroatoms. The highest BCUT2D eigenvalue weighted by Gasteiger charge is 2.14. The van der Waals surface area contributed by atoms with Crippen molar-refractivity contribution in [3.05, 3.63) is 35.9 Å². The zero-order valence-electron chi connectivity index (χ0n) is 9.62. The number of hydrogen-bond acceptors (Lipinski definition) is 5. The highest BCUT2D eigenvalue weighted by atomic mass is 19.1. The topological polar surface area (TPSA) is 80.4 Å². The van der Waals surface area contributed by atoms with Gasteiger partial charge in [0, 0.05) is 7.05 Å². The summed E-state index contributed by atoms with van der Waals surface area (Å²) in [6.45, 7) is 0.0513. The van der Waals surface area contributed by atoms with Crippen molar-refractivity contribution in [3.63, 3.8) is 0 Å². The van der Waals surface area contributed by atoms with Gasteiger partial charge in [0.1, 0.15) is 12.3 Å². The van der Waals surface area contributed by atoms with Gasteiger partial charge in [-0.15, -0.1) is 5.10 Å². The van der Waals surface area contributed by atoms with Crippen molar-refractivity contribution in [2.45, 2.75) is 6.61 Å². The van der Waals surface area contributed by atoms with Crippen LogP contribution in [0.5, 0.6) is 5.75 Å². The highest BCUT2D eigenvalue weighted by Crippen LogP contribution is 2.15. The van der Waals surface area contributed by atoms with Crippen LogP contribution in [0.4, 0.5) is 4.39 Å². The van der Waals surface area contributed by atoms with Gasteiger partial charge in [-0.3, -0.25) is 4.68 Å². The van der Waals surface area contributed by atoms with Crippen molar-refractivity contribution >= 4 is 12.6 Å². The van der Waals surface area contributed by atoms with Crippen LogP contribution in [0.1, 0.15) is 5.69 Å². The van der Waals surface area contributed by atoms with Crippen LogP contribution in [0.3, 0.4) is 0 Å². The summed E-state index contributed by atoms with van der Waals surface area (Å²) >= 11 is 0.